The molecule has 0 bridgehead atoms. The van der Waals surface area contributed by atoms with Crippen LogP contribution < -0.4 is 5.32 Å². The fraction of sp³-hybridized carbons (Fsp3) is 0.455. The average Bonchev–Trinajstić information content (AvgIpc) is 2.63. The Balaban J connectivity index is 2.06. The Morgan fingerprint density at radius 1 is 1.35 bits per heavy atom. The van der Waals surface area contributed by atoms with E-state index < -0.39 is 11.7 Å². The molecule has 1 aromatic rings. The van der Waals surface area contributed by atoms with Crippen molar-refractivity contribution in [3.8, 4) is 0 Å². The number of hydrogen-bond donors (Lipinski definition) is 1. The molecule has 2 nitrogen and oxygen atoms in total. The molecule has 1 unspecified atom stereocenters. The topological polar surface area (TPSA) is 15.3 Å². The first kappa shape index (κ1) is 12.3. The number of nitrogens with one attached hydrogen (secondary N) is 1. The average molecular weight is 240 g/mol. The second-order valence-electron chi connectivity index (χ2n) is 4.20. The number of anilines is 1. The van der Waals surface area contributed by atoms with Crippen LogP contribution >= 0.6 is 0 Å². The Kier molecular flexibility index (Phi) is 3.33. The van der Waals surface area contributed by atoms with Crippen LogP contribution in [0.1, 0.15) is 12.0 Å². The van der Waals surface area contributed by atoms with Crippen LogP contribution in [0.25, 0.3) is 0 Å². The molecule has 90 valence electrons. The molecular formula is C11H12BF3N2. The van der Waals surface area contributed by atoms with Crippen LogP contribution in [0.15, 0.2) is 24.3 Å². The van der Waals surface area contributed by atoms with Crippen LogP contribution in [0.3, 0.4) is 0 Å². The van der Waals surface area contributed by atoms with Gasteiger partial charge in [-0.3, -0.25) is 0 Å². The lowest BCUT2D eigenvalue weighted by molar-refractivity contribution is -0.137. The van der Waals surface area contributed by atoms with Gasteiger partial charge in [-0.05, 0) is 31.2 Å². The molecule has 0 spiro atoms. The van der Waals surface area contributed by atoms with Crippen LogP contribution in [0, 0.1) is 0 Å². The van der Waals surface area contributed by atoms with Crippen molar-refractivity contribution in [2.75, 3.05) is 18.4 Å². The summed E-state index contributed by atoms with van der Waals surface area (Å²) in [4.78, 5) is 1.66. The lowest BCUT2D eigenvalue weighted by Gasteiger charge is -2.16. The molecular weight excluding hydrogens is 228 g/mol. The van der Waals surface area contributed by atoms with Crippen molar-refractivity contribution in [1.29, 1.82) is 0 Å². The lowest BCUT2D eigenvalue weighted by Crippen LogP contribution is -2.24. The summed E-state index contributed by atoms with van der Waals surface area (Å²) in [5, 5.41) is 3.06. The number of nitrogens with zero attached hydrogens (tertiary/aromatic N) is 1. The highest BCUT2D eigenvalue weighted by molar-refractivity contribution is 6.04. The van der Waals surface area contributed by atoms with E-state index in [4.69, 9.17) is 7.98 Å². The molecule has 0 saturated carbocycles. The SMILES string of the molecule is [B]N1CCC(Nc2cccc(C(F)(F)F)c2)C1. The molecule has 2 rings (SSSR count). The minimum absolute atomic E-state index is 0.114. The Hall–Kier alpha value is -1.17. The third-order valence-electron chi connectivity index (χ3n) is 2.78. The number of benzene rings is 1. The van der Waals surface area contributed by atoms with Gasteiger partial charge in [0.15, 0.2) is 7.98 Å². The number of hydrogen-bond acceptors (Lipinski definition) is 2. The molecule has 1 atom stereocenters. The maximum atomic E-state index is 12.5. The zero-order valence-electron chi connectivity index (χ0n) is 9.17. The van der Waals surface area contributed by atoms with Crippen LogP contribution in [-0.4, -0.2) is 31.9 Å². The van der Waals surface area contributed by atoms with E-state index in [2.05, 4.69) is 5.32 Å². The van der Waals surface area contributed by atoms with E-state index in [0.717, 1.165) is 25.1 Å². The van der Waals surface area contributed by atoms with Gasteiger partial charge >= 0.3 is 6.18 Å². The van der Waals surface area contributed by atoms with Crippen molar-refractivity contribution in [3.05, 3.63) is 29.8 Å². The molecule has 2 radical (unpaired) electrons. The molecule has 1 aliphatic heterocycles. The summed E-state index contributed by atoms with van der Waals surface area (Å²) in [6.07, 6.45) is -3.46. The van der Waals surface area contributed by atoms with Crippen molar-refractivity contribution in [2.24, 2.45) is 0 Å². The van der Waals surface area contributed by atoms with Crippen molar-refractivity contribution < 1.29 is 13.2 Å². The fourth-order valence-electron chi connectivity index (χ4n) is 1.93. The largest absolute Gasteiger partial charge is 0.416 e. The van der Waals surface area contributed by atoms with Crippen molar-refractivity contribution in [2.45, 2.75) is 18.6 Å². The molecule has 1 saturated heterocycles. The lowest BCUT2D eigenvalue weighted by atomic mass is 10.1. The van der Waals surface area contributed by atoms with E-state index in [0.29, 0.717) is 12.2 Å². The molecule has 1 aromatic carbocycles. The van der Waals surface area contributed by atoms with E-state index in [1.807, 2.05) is 0 Å². The van der Waals surface area contributed by atoms with Gasteiger partial charge in [-0.15, -0.1) is 0 Å². The first-order chi connectivity index (χ1) is 7.95. The van der Waals surface area contributed by atoms with Gasteiger partial charge in [0.1, 0.15) is 0 Å². The zero-order valence-corrected chi connectivity index (χ0v) is 9.17. The van der Waals surface area contributed by atoms with Crippen molar-refractivity contribution in [3.63, 3.8) is 0 Å². The van der Waals surface area contributed by atoms with Gasteiger partial charge < -0.3 is 10.1 Å². The first-order valence-electron chi connectivity index (χ1n) is 5.38. The van der Waals surface area contributed by atoms with Crippen LogP contribution in [-0.2, 0) is 6.18 Å². The first-order valence-corrected chi connectivity index (χ1v) is 5.38. The number of rotatable bonds is 2. The Morgan fingerprint density at radius 2 is 2.12 bits per heavy atom. The summed E-state index contributed by atoms with van der Waals surface area (Å²) >= 11 is 0. The van der Waals surface area contributed by atoms with Gasteiger partial charge in [-0.2, -0.15) is 13.2 Å². The van der Waals surface area contributed by atoms with Crippen LogP contribution in [0.2, 0.25) is 0 Å². The number of alkyl halides is 3. The summed E-state index contributed by atoms with van der Waals surface area (Å²) in [6, 6.07) is 5.34. The molecule has 1 N–H and O–H groups in total. The van der Waals surface area contributed by atoms with Gasteiger partial charge in [-0.1, -0.05) is 6.07 Å². The third-order valence-corrected chi connectivity index (χ3v) is 2.78. The minimum Gasteiger partial charge on any atom is -0.381 e. The monoisotopic (exact) mass is 240 g/mol. The smallest absolute Gasteiger partial charge is 0.381 e. The van der Waals surface area contributed by atoms with Crippen molar-refractivity contribution in [1.82, 2.24) is 4.81 Å². The van der Waals surface area contributed by atoms with Gasteiger partial charge in [0, 0.05) is 18.3 Å². The fourth-order valence-corrected chi connectivity index (χ4v) is 1.93. The standard InChI is InChI=1S/C11H12BF3N2/c12-17-5-4-10(7-17)16-9-3-1-2-8(6-9)11(13,14)15/h1-3,6,10,16H,4-5,7H2. The molecule has 1 heterocycles. The predicted octanol–water partition coefficient (Wildman–Crippen LogP) is 2.28. The molecule has 6 heteroatoms. The van der Waals surface area contributed by atoms with Gasteiger partial charge in [0.05, 0.1) is 5.56 Å². The summed E-state index contributed by atoms with van der Waals surface area (Å²) in [6.45, 7) is 1.41. The number of halogens is 3. The highest BCUT2D eigenvalue weighted by Crippen LogP contribution is 2.31. The van der Waals surface area contributed by atoms with E-state index in [9.17, 15) is 13.2 Å². The molecule has 1 aliphatic rings. The second kappa shape index (κ2) is 4.60. The predicted molar refractivity (Wildman–Crippen MR) is 60.8 cm³/mol. The quantitative estimate of drug-likeness (QED) is 0.797. The summed E-state index contributed by atoms with van der Waals surface area (Å²) in [7, 11) is 5.59. The van der Waals surface area contributed by atoms with Crippen LogP contribution in [0.5, 0.6) is 0 Å². The van der Waals surface area contributed by atoms with Crippen LogP contribution in [0.4, 0.5) is 18.9 Å². The van der Waals surface area contributed by atoms with Gasteiger partial charge in [0.25, 0.3) is 0 Å². The van der Waals surface area contributed by atoms with Gasteiger partial charge in [0.2, 0.25) is 0 Å². The highest BCUT2D eigenvalue weighted by atomic mass is 19.4. The Labute approximate surface area is 99.2 Å². The second-order valence-corrected chi connectivity index (χ2v) is 4.20. The summed E-state index contributed by atoms with van der Waals surface area (Å²) in [5.74, 6) is 0. The third kappa shape index (κ3) is 3.15. The normalized spacial score (nSPS) is 21.7. The van der Waals surface area contributed by atoms with Crippen molar-refractivity contribution >= 4 is 13.7 Å². The highest BCUT2D eigenvalue weighted by Gasteiger charge is 2.30. The maximum Gasteiger partial charge on any atom is 0.416 e. The summed E-state index contributed by atoms with van der Waals surface area (Å²) in [5.41, 5.74) is -0.148. The minimum atomic E-state index is -4.30. The molecule has 0 aromatic heterocycles. The summed E-state index contributed by atoms with van der Waals surface area (Å²) < 4.78 is 37.5. The maximum absolute atomic E-state index is 12.5. The van der Waals surface area contributed by atoms with E-state index >= 15 is 0 Å². The molecule has 1 fully saturated rings. The zero-order chi connectivity index (χ0) is 12.5. The van der Waals surface area contributed by atoms with Gasteiger partial charge in [-0.25, -0.2) is 0 Å². The van der Waals surface area contributed by atoms with E-state index in [1.165, 1.54) is 6.07 Å². The molecule has 0 amide bonds. The van der Waals surface area contributed by atoms with E-state index in [1.54, 1.807) is 10.9 Å². The molecule has 0 aliphatic carbocycles. The Morgan fingerprint density at radius 3 is 2.71 bits per heavy atom. The Bertz CT molecular complexity index is 395. The van der Waals surface area contributed by atoms with E-state index in [-0.39, 0.29) is 6.04 Å². The molecule has 17 heavy (non-hydrogen) atoms.